The van der Waals surface area contributed by atoms with Crippen molar-refractivity contribution in [2.24, 2.45) is 0 Å². The number of nitrogens with zero attached hydrogens (tertiary/aromatic N) is 3. The molecule has 1 aromatic carbocycles. The van der Waals surface area contributed by atoms with Gasteiger partial charge in [0.1, 0.15) is 11.3 Å². The second-order valence-electron chi connectivity index (χ2n) is 7.57. The number of carbonyl (C=O) groups excluding carboxylic acids is 1. The molecule has 0 atom stereocenters. The molecule has 0 aliphatic heterocycles. The molecule has 0 amide bonds. The number of fused-ring (bicyclic) bond motifs is 2. The van der Waals surface area contributed by atoms with Crippen molar-refractivity contribution in [2.45, 2.75) is 33.0 Å². The Hall–Kier alpha value is -3.17. The van der Waals surface area contributed by atoms with Crippen LogP contribution in [0.25, 0.3) is 32.5 Å². The van der Waals surface area contributed by atoms with Crippen molar-refractivity contribution < 1.29 is 24.5 Å². The van der Waals surface area contributed by atoms with Gasteiger partial charge in [-0.2, -0.15) is 9.78 Å². The first-order valence-electron chi connectivity index (χ1n) is 8.88. The molecular formula is C20H19N3O5S. The molecule has 8 nitrogen and oxygen atoms in total. The van der Waals surface area contributed by atoms with Crippen LogP contribution in [0.5, 0.6) is 0 Å². The molecule has 2 N–H and O–H groups in total. The number of thiophene rings is 1. The van der Waals surface area contributed by atoms with Crippen molar-refractivity contribution in [3.8, 4) is 11.4 Å². The maximum absolute atomic E-state index is 12.6. The van der Waals surface area contributed by atoms with Crippen LogP contribution in [0.2, 0.25) is 0 Å². The molecule has 29 heavy (non-hydrogen) atoms. The lowest BCUT2D eigenvalue weighted by molar-refractivity contribution is 0.0523. The topological polar surface area (TPSA) is 107 Å². The van der Waals surface area contributed by atoms with Gasteiger partial charge >= 0.3 is 12.2 Å². The lowest BCUT2D eigenvalue weighted by atomic mass is 10.1. The summed E-state index contributed by atoms with van der Waals surface area (Å²) in [4.78, 5) is 24.6. The molecule has 0 spiro atoms. The van der Waals surface area contributed by atoms with Crippen molar-refractivity contribution in [3.05, 3.63) is 41.3 Å². The molecule has 0 aliphatic carbocycles. The number of carboxylic acid groups (broad SMARTS) is 1. The van der Waals surface area contributed by atoms with E-state index in [4.69, 9.17) is 4.74 Å². The van der Waals surface area contributed by atoms with E-state index in [0.717, 1.165) is 9.25 Å². The van der Waals surface area contributed by atoms with E-state index in [1.807, 2.05) is 5.38 Å². The largest absolute Gasteiger partial charge is 0.464 e. The second-order valence-corrected chi connectivity index (χ2v) is 8.49. The maximum Gasteiger partial charge on any atom is 0.435 e. The summed E-state index contributed by atoms with van der Waals surface area (Å²) >= 11 is 1.37. The van der Waals surface area contributed by atoms with E-state index in [2.05, 4.69) is 5.10 Å². The summed E-state index contributed by atoms with van der Waals surface area (Å²) in [6, 6.07) is 8.50. The normalized spacial score (nSPS) is 12.0. The van der Waals surface area contributed by atoms with E-state index >= 15 is 0 Å². The van der Waals surface area contributed by atoms with Crippen LogP contribution >= 0.6 is 11.3 Å². The van der Waals surface area contributed by atoms with Gasteiger partial charge in [0.2, 0.25) is 0 Å². The first-order valence-corrected chi connectivity index (χ1v) is 9.76. The lowest BCUT2D eigenvalue weighted by Crippen LogP contribution is -2.27. The number of aliphatic hydroxyl groups excluding tert-OH is 1. The Labute approximate surface area is 169 Å². The fraction of sp³-hybridized carbons (Fsp3) is 0.250. The summed E-state index contributed by atoms with van der Waals surface area (Å²) in [5.41, 5.74) is 1.73. The average molecular weight is 413 g/mol. The number of hydrogen-bond donors (Lipinski definition) is 2. The standard InChI is InChI=1S/C20H19N3O5S/c1-20(2,3)28-19(27)23-14-6-7-29-17(14)16(21-23)15-9-12-8-11(10-24)4-5-13(12)22(15)18(25)26/h4-9,24H,10H2,1-3H3,(H,25,26). The quantitative estimate of drug-likeness (QED) is 0.500. The molecule has 3 heterocycles. The van der Waals surface area contributed by atoms with Crippen LogP contribution in [0.15, 0.2) is 35.7 Å². The molecule has 4 aromatic rings. The Morgan fingerprint density at radius 2 is 1.93 bits per heavy atom. The zero-order valence-electron chi connectivity index (χ0n) is 16.0. The third kappa shape index (κ3) is 3.28. The Bertz CT molecular complexity index is 1260. The van der Waals surface area contributed by atoms with E-state index in [0.29, 0.717) is 38.1 Å². The minimum Gasteiger partial charge on any atom is -0.464 e. The van der Waals surface area contributed by atoms with Gasteiger partial charge in [-0.25, -0.2) is 14.2 Å². The number of hydrogen-bond acceptors (Lipinski definition) is 6. The van der Waals surface area contributed by atoms with E-state index in [1.54, 1.807) is 51.1 Å². The van der Waals surface area contributed by atoms with E-state index in [1.165, 1.54) is 11.3 Å². The highest BCUT2D eigenvalue weighted by Gasteiger charge is 2.26. The Balaban J connectivity index is 1.95. The zero-order chi connectivity index (χ0) is 20.9. The molecule has 0 aliphatic rings. The summed E-state index contributed by atoms with van der Waals surface area (Å²) in [7, 11) is 0. The molecule has 4 rings (SSSR count). The smallest absolute Gasteiger partial charge is 0.435 e. The highest BCUT2D eigenvalue weighted by Crippen LogP contribution is 2.36. The third-order valence-electron chi connectivity index (χ3n) is 4.34. The molecule has 9 heteroatoms. The monoisotopic (exact) mass is 413 g/mol. The van der Waals surface area contributed by atoms with Crippen molar-refractivity contribution >= 4 is 44.6 Å². The fourth-order valence-electron chi connectivity index (χ4n) is 3.20. The predicted molar refractivity (Wildman–Crippen MR) is 110 cm³/mol. The Morgan fingerprint density at radius 1 is 1.17 bits per heavy atom. The highest BCUT2D eigenvalue weighted by molar-refractivity contribution is 7.17. The first-order chi connectivity index (χ1) is 13.7. The van der Waals surface area contributed by atoms with Crippen LogP contribution in [0.1, 0.15) is 26.3 Å². The average Bonchev–Trinajstić information content (AvgIpc) is 3.31. The van der Waals surface area contributed by atoms with Gasteiger partial charge in [-0.1, -0.05) is 6.07 Å². The number of carbonyl (C=O) groups is 2. The van der Waals surface area contributed by atoms with E-state index < -0.39 is 17.8 Å². The van der Waals surface area contributed by atoms with Gasteiger partial charge in [-0.15, -0.1) is 11.3 Å². The van der Waals surface area contributed by atoms with Gasteiger partial charge in [-0.05, 0) is 56.0 Å². The van der Waals surface area contributed by atoms with Crippen LogP contribution in [-0.2, 0) is 11.3 Å². The minimum absolute atomic E-state index is 0.147. The van der Waals surface area contributed by atoms with Crippen molar-refractivity contribution in [2.75, 3.05) is 0 Å². The van der Waals surface area contributed by atoms with Crippen LogP contribution in [-0.4, -0.2) is 42.3 Å². The molecule has 0 saturated carbocycles. The predicted octanol–water partition coefficient (Wildman–Crippen LogP) is 4.52. The van der Waals surface area contributed by atoms with Gasteiger partial charge in [0.15, 0.2) is 0 Å². The number of benzene rings is 1. The molecule has 0 saturated heterocycles. The van der Waals surface area contributed by atoms with Crippen LogP contribution in [0, 0.1) is 0 Å². The zero-order valence-corrected chi connectivity index (χ0v) is 16.9. The molecule has 150 valence electrons. The van der Waals surface area contributed by atoms with Gasteiger partial charge in [-0.3, -0.25) is 0 Å². The fourth-order valence-corrected chi connectivity index (χ4v) is 4.07. The lowest BCUT2D eigenvalue weighted by Gasteiger charge is -2.19. The first kappa shape index (κ1) is 19.2. The number of ether oxygens (including phenoxy) is 1. The van der Waals surface area contributed by atoms with Crippen molar-refractivity contribution in [1.82, 2.24) is 14.3 Å². The van der Waals surface area contributed by atoms with Crippen LogP contribution in [0.4, 0.5) is 9.59 Å². The summed E-state index contributed by atoms with van der Waals surface area (Å²) < 4.78 is 8.41. The van der Waals surface area contributed by atoms with Gasteiger partial charge in [0, 0.05) is 5.39 Å². The van der Waals surface area contributed by atoms with Gasteiger partial charge in [0.05, 0.1) is 28.0 Å². The Kier molecular flexibility index (Phi) is 4.44. The van der Waals surface area contributed by atoms with Gasteiger partial charge in [0.25, 0.3) is 0 Å². The minimum atomic E-state index is -1.16. The second kappa shape index (κ2) is 6.71. The van der Waals surface area contributed by atoms with Crippen LogP contribution in [0.3, 0.4) is 0 Å². The van der Waals surface area contributed by atoms with Crippen molar-refractivity contribution in [3.63, 3.8) is 0 Å². The number of rotatable bonds is 2. The third-order valence-corrected chi connectivity index (χ3v) is 5.25. The molecule has 0 unspecified atom stereocenters. The molecule has 0 radical (unpaired) electrons. The number of aromatic nitrogens is 3. The molecule has 0 bridgehead atoms. The highest BCUT2D eigenvalue weighted by atomic mass is 32.1. The van der Waals surface area contributed by atoms with Gasteiger partial charge < -0.3 is 14.9 Å². The SMILES string of the molecule is CC(C)(C)OC(=O)n1nc(-c2cc3cc(CO)ccc3n2C(=O)O)c2sccc21. The molecule has 0 fully saturated rings. The van der Waals surface area contributed by atoms with Crippen LogP contribution < -0.4 is 0 Å². The molecule has 3 aromatic heterocycles. The van der Waals surface area contributed by atoms with Crippen molar-refractivity contribution in [1.29, 1.82) is 0 Å². The maximum atomic E-state index is 12.6. The Morgan fingerprint density at radius 3 is 2.59 bits per heavy atom. The summed E-state index contributed by atoms with van der Waals surface area (Å²) in [5.74, 6) is 0. The van der Waals surface area contributed by atoms with E-state index in [-0.39, 0.29) is 6.61 Å². The number of aliphatic hydroxyl groups is 1. The summed E-state index contributed by atoms with van der Waals surface area (Å²) in [6.07, 6.45) is -1.80. The molecular weight excluding hydrogens is 394 g/mol. The van der Waals surface area contributed by atoms with E-state index in [9.17, 15) is 19.8 Å². The summed E-state index contributed by atoms with van der Waals surface area (Å²) in [6.45, 7) is 5.15. The summed E-state index contributed by atoms with van der Waals surface area (Å²) in [5, 5.41) is 26.1.